The van der Waals surface area contributed by atoms with Crippen LogP contribution in [0, 0.1) is 0 Å². The Balaban J connectivity index is 1.27. The van der Waals surface area contributed by atoms with Crippen LogP contribution in [0.15, 0.2) is 42.5 Å². The highest BCUT2D eigenvalue weighted by Crippen LogP contribution is 2.33. The monoisotopic (exact) mass is 529 g/mol. The number of carbonyl (C=O) groups is 1. The molecule has 0 fully saturated rings. The first kappa shape index (κ1) is 26.8. The zero-order valence-corrected chi connectivity index (χ0v) is 22.9. The molecular formula is C31H39N5O3. The Morgan fingerprint density at radius 2 is 1.56 bits per heavy atom. The highest BCUT2D eigenvalue weighted by molar-refractivity contribution is 6.10. The van der Waals surface area contributed by atoms with Crippen molar-refractivity contribution >= 4 is 33.9 Å². The number of nitrogen functional groups attached to an aromatic ring is 1. The van der Waals surface area contributed by atoms with Gasteiger partial charge in [-0.2, -0.15) is 0 Å². The zero-order valence-electron chi connectivity index (χ0n) is 22.9. The molecule has 2 aromatic carbocycles. The molecule has 0 aliphatic carbocycles. The van der Waals surface area contributed by atoms with Crippen molar-refractivity contribution in [1.82, 2.24) is 19.9 Å². The number of nitrogens with zero attached hydrogens (tertiary/aromatic N) is 3. The van der Waals surface area contributed by atoms with Crippen molar-refractivity contribution in [3.05, 3.63) is 53.6 Å². The number of amides is 1. The van der Waals surface area contributed by atoms with E-state index in [2.05, 4.69) is 12.2 Å². The van der Waals surface area contributed by atoms with Crippen LogP contribution in [0.25, 0.3) is 22.2 Å². The van der Waals surface area contributed by atoms with E-state index >= 15 is 0 Å². The fraction of sp³-hybridized carbons (Fsp3) is 0.452. The Hall–Kier alpha value is -3.81. The molecule has 0 radical (unpaired) electrons. The van der Waals surface area contributed by atoms with Gasteiger partial charge in [0.05, 0.1) is 11.0 Å². The molecular weight excluding hydrogens is 490 g/mol. The molecule has 0 spiro atoms. The van der Waals surface area contributed by atoms with Gasteiger partial charge >= 0.3 is 0 Å². The largest absolute Gasteiger partial charge is 0.454 e. The number of aryl methyl sites for hydroxylation is 1. The molecule has 0 unspecified atom stereocenters. The van der Waals surface area contributed by atoms with Gasteiger partial charge in [0.2, 0.25) is 6.79 Å². The molecule has 206 valence electrons. The van der Waals surface area contributed by atoms with E-state index in [0.29, 0.717) is 47.1 Å². The number of carbonyl (C=O) groups excluding carboxylic acids is 1. The van der Waals surface area contributed by atoms with E-state index in [4.69, 9.17) is 25.2 Å². The number of unbranched alkanes of at least 4 members (excludes halogenated alkanes) is 9. The molecule has 0 saturated heterocycles. The molecule has 39 heavy (non-hydrogen) atoms. The minimum Gasteiger partial charge on any atom is -0.454 e. The summed E-state index contributed by atoms with van der Waals surface area (Å²) < 4.78 is 12.8. The standard InChI is InChI=1S/C31H39N5O3/c1-2-3-4-5-6-7-8-9-10-13-18-36-29(32)27(28-30(36)35-24-15-12-11-14-23(24)34-28)31(37)33-20-22-16-17-25-26(19-22)39-21-38-25/h11-12,14-17,19H,2-10,13,18,20-21,32H2,1H3,(H,33,37). The maximum Gasteiger partial charge on any atom is 0.257 e. The number of aromatic nitrogens is 3. The van der Waals surface area contributed by atoms with Crippen LogP contribution in [0.4, 0.5) is 5.82 Å². The van der Waals surface area contributed by atoms with Crippen LogP contribution < -0.4 is 20.5 Å². The molecule has 1 aliphatic rings. The fourth-order valence-electron chi connectivity index (χ4n) is 5.25. The molecule has 3 heterocycles. The van der Waals surface area contributed by atoms with E-state index in [0.717, 1.165) is 29.4 Å². The van der Waals surface area contributed by atoms with E-state index in [1.165, 1.54) is 51.4 Å². The van der Waals surface area contributed by atoms with Crippen LogP contribution in [0.5, 0.6) is 11.5 Å². The normalized spacial score (nSPS) is 12.4. The third-order valence-electron chi connectivity index (χ3n) is 7.44. The third kappa shape index (κ3) is 6.27. The topological polar surface area (TPSA) is 104 Å². The first-order valence-electron chi connectivity index (χ1n) is 14.4. The number of nitrogens with one attached hydrogen (secondary N) is 1. The molecule has 8 heteroatoms. The van der Waals surface area contributed by atoms with Gasteiger partial charge in [-0.15, -0.1) is 0 Å². The molecule has 0 atom stereocenters. The van der Waals surface area contributed by atoms with Crippen molar-refractivity contribution in [2.24, 2.45) is 0 Å². The van der Waals surface area contributed by atoms with Crippen LogP contribution in [0.1, 0.15) is 87.1 Å². The Bertz CT molecular complexity index is 1430. The van der Waals surface area contributed by atoms with Gasteiger partial charge in [-0.05, 0) is 36.2 Å². The molecule has 5 rings (SSSR count). The highest BCUT2D eigenvalue weighted by Gasteiger charge is 2.24. The van der Waals surface area contributed by atoms with Gasteiger partial charge in [0, 0.05) is 13.1 Å². The van der Waals surface area contributed by atoms with Gasteiger partial charge in [-0.1, -0.05) is 82.9 Å². The maximum absolute atomic E-state index is 13.5. The van der Waals surface area contributed by atoms with Crippen molar-refractivity contribution in [3.63, 3.8) is 0 Å². The van der Waals surface area contributed by atoms with Crippen LogP contribution in [0.3, 0.4) is 0 Å². The summed E-state index contributed by atoms with van der Waals surface area (Å²) in [6.07, 6.45) is 12.6. The number of para-hydroxylation sites is 2. The first-order chi connectivity index (χ1) is 19.2. The van der Waals surface area contributed by atoms with Crippen molar-refractivity contribution in [1.29, 1.82) is 0 Å². The molecule has 0 saturated carbocycles. The van der Waals surface area contributed by atoms with Gasteiger partial charge in [0.25, 0.3) is 5.91 Å². The number of fused-ring (bicyclic) bond motifs is 3. The van der Waals surface area contributed by atoms with Crippen LogP contribution in [-0.2, 0) is 13.1 Å². The minimum absolute atomic E-state index is 0.215. The smallest absolute Gasteiger partial charge is 0.257 e. The van der Waals surface area contributed by atoms with Crippen molar-refractivity contribution in [2.75, 3.05) is 12.5 Å². The van der Waals surface area contributed by atoms with Crippen molar-refractivity contribution in [3.8, 4) is 11.5 Å². The first-order valence-corrected chi connectivity index (χ1v) is 14.4. The lowest BCUT2D eigenvalue weighted by atomic mass is 10.1. The summed E-state index contributed by atoms with van der Waals surface area (Å²) in [5.41, 5.74) is 10.7. The number of nitrogens with two attached hydrogens (primary N) is 1. The summed E-state index contributed by atoms with van der Waals surface area (Å²) in [5, 5.41) is 3.01. The minimum atomic E-state index is -0.262. The van der Waals surface area contributed by atoms with E-state index in [9.17, 15) is 4.79 Å². The van der Waals surface area contributed by atoms with E-state index in [1.54, 1.807) is 0 Å². The molecule has 3 N–H and O–H groups in total. The zero-order chi connectivity index (χ0) is 27.0. The Kier molecular flexibility index (Phi) is 8.81. The number of benzene rings is 2. The second-order valence-electron chi connectivity index (χ2n) is 10.3. The summed E-state index contributed by atoms with van der Waals surface area (Å²) in [4.78, 5) is 23.1. The lowest BCUT2D eigenvalue weighted by molar-refractivity contribution is 0.0953. The average molecular weight is 530 g/mol. The number of hydrogen-bond donors (Lipinski definition) is 2. The SMILES string of the molecule is CCCCCCCCCCCCn1c(N)c(C(=O)NCc2ccc3c(c2)OCO3)c2nc3ccccc3nc21. The van der Waals surface area contributed by atoms with Gasteiger partial charge < -0.3 is 25.1 Å². The highest BCUT2D eigenvalue weighted by atomic mass is 16.7. The van der Waals surface area contributed by atoms with Gasteiger partial charge in [0.15, 0.2) is 17.1 Å². The Morgan fingerprint density at radius 1 is 0.897 bits per heavy atom. The summed E-state index contributed by atoms with van der Waals surface area (Å²) >= 11 is 0. The quantitative estimate of drug-likeness (QED) is 0.175. The van der Waals surface area contributed by atoms with E-state index in [-0.39, 0.29) is 12.7 Å². The predicted octanol–water partition coefficient (Wildman–Crippen LogP) is 6.75. The average Bonchev–Trinajstić information content (AvgIpc) is 3.53. The van der Waals surface area contributed by atoms with E-state index in [1.807, 2.05) is 47.0 Å². The maximum atomic E-state index is 13.5. The second-order valence-corrected chi connectivity index (χ2v) is 10.3. The van der Waals surface area contributed by atoms with Gasteiger partial charge in [-0.3, -0.25) is 4.79 Å². The summed E-state index contributed by atoms with van der Waals surface area (Å²) in [6.45, 7) is 3.51. The molecule has 1 aliphatic heterocycles. The lowest BCUT2D eigenvalue weighted by Gasteiger charge is -2.09. The van der Waals surface area contributed by atoms with Gasteiger partial charge in [0.1, 0.15) is 16.9 Å². The van der Waals surface area contributed by atoms with Crippen LogP contribution in [0.2, 0.25) is 0 Å². The summed E-state index contributed by atoms with van der Waals surface area (Å²) in [6, 6.07) is 13.4. The van der Waals surface area contributed by atoms with Crippen LogP contribution >= 0.6 is 0 Å². The molecule has 8 nitrogen and oxygen atoms in total. The fourth-order valence-corrected chi connectivity index (χ4v) is 5.25. The lowest BCUT2D eigenvalue weighted by Crippen LogP contribution is -2.24. The van der Waals surface area contributed by atoms with Crippen molar-refractivity contribution in [2.45, 2.75) is 84.2 Å². The summed E-state index contributed by atoms with van der Waals surface area (Å²) in [5.74, 6) is 1.55. The number of anilines is 1. The van der Waals surface area contributed by atoms with Crippen molar-refractivity contribution < 1.29 is 14.3 Å². The van der Waals surface area contributed by atoms with Crippen LogP contribution in [-0.4, -0.2) is 27.2 Å². The second kappa shape index (κ2) is 12.8. The number of rotatable bonds is 14. The molecule has 2 aromatic heterocycles. The predicted molar refractivity (Wildman–Crippen MR) is 155 cm³/mol. The number of hydrogen-bond acceptors (Lipinski definition) is 6. The molecule has 0 bridgehead atoms. The third-order valence-corrected chi connectivity index (χ3v) is 7.44. The molecule has 4 aromatic rings. The Morgan fingerprint density at radius 3 is 2.31 bits per heavy atom. The number of ether oxygens (including phenoxy) is 2. The summed E-state index contributed by atoms with van der Waals surface area (Å²) in [7, 11) is 0. The molecule has 1 amide bonds. The Labute approximate surface area is 229 Å². The van der Waals surface area contributed by atoms with Gasteiger partial charge in [-0.25, -0.2) is 9.97 Å². The van der Waals surface area contributed by atoms with E-state index < -0.39 is 0 Å².